The van der Waals surface area contributed by atoms with Crippen LogP contribution >= 0.6 is 0 Å². The highest BCUT2D eigenvalue weighted by atomic mass is 16.1. The Morgan fingerprint density at radius 3 is 3.10 bits per heavy atom. The lowest BCUT2D eigenvalue weighted by Crippen LogP contribution is -2.33. The van der Waals surface area contributed by atoms with E-state index in [1.807, 2.05) is 12.1 Å². The number of hydrogen-bond donors (Lipinski definition) is 3. The minimum atomic E-state index is 0.0550. The molecule has 20 heavy (non-hydrogen) atoms. The number of rotatable bonds is 2. The maximum Gasteiger partial charge on any atom is 0.228 e. The standard InChI is InChI=1S/C15H20N4O/c16-10-6-9-7-15(20)18-12(9)8-13(10)17-11-3-5-19-4-1-2-14(11)19/h6,8,11,14,17H,1-5,7,16H2,(H,18,20). The van der Waals surface area contributed by atoms with Crippen molar-refractivity contribution in [2.24, 2.45) is 0 Å². The van der Waals surface area contributed by atoms with Crippen LogP contribution in [-0.2, 0) is 11.2 Å². The van der Waals surface area contributed by atoms with Crippen LogP contribution < -0.4 is 16.4 Å². The van der Waals surface area contributed by atoms with E-state index in [1.54, 1.807) is 0 Å². The molecule has 2 fully saturated rings. The summed E-state index contributed by atoms with van der Waals surface area (Å²) < 4.78 is 0. The molecule has 0 radical (unpaired) electrons. The summed E-state index contributed by atoms with van der Waals surface area (Å²) >= 11 is 0. The number of carbonyl (C=O) groups is 1. The van der Waals surface area contributed by atoms with Crippen molar-refractivity contribution in [1.82, 2.24) is 4.90 Å². The van der Waals surface area contributed by atoms with Crippen molar-refractivity contribution in [1.29, 1.82) is 0 Å². The van der Waals surface area contributed by atoms with Gasteiger partial charge in [0, 0.05) is 24.3 Å². The normalized spacial score (nSPS) is 28.3. The maximum absolute atomic E-state index is 11.4. The van der Waals surface area contributed by atoms with Gasteiger partial charge in [-0.15, -0.1) is 0 Å². The van der Waals surface area contributed by atoms with Gasteiger partial charge in [0.2, 0.25) is 5.91 Å². The molecule has 4 rings (SSSR count). The van der Waals surface area contributed by atoms with Crippen LogP contribution in [0.3, 0.4) is 0 Å². The summed E-state index contributed by atoms with van der Waals surface area (Å²) in [6.07, 6.45) is 4.20. The third kappa shape index (κ3) is 1.85. The molecule has 106 valence electrons. The number of benzene rings is 1. The third-order valence-corrected chi connectivity index (χ3v) is 4.85. The van der Waals surface area contributed by atoms with Crippen molar-refractivity contribution < 1.29 is 4.79 Å². The second kappa shape index (κ2) is 4.38. The molecule has 0 bridgehead atoms. The number of nitrogens with one attached hydrogen (secondary N) is 2. The molecule has 0 saturated carbocycles. The Morgan fingerprint density at radius 2 is 2.20 bits per heavy atom. The van der Waals surface area contributed by atoms with Crippen LogP contribution in [0.15, 0.2) is 12.1 Å². The van der Waals surface area contributed by atoms with Crippen molar-refractivity contribution in [3.05, 3.63) is 17.7 Å². The topological polar surface area (TPSA) is 70.4 Å². The fourth-order valence-corrected chi connectivity index (χ4v) is 3.87. The van der Waals surface area contributed by atoms with E-state index in [1.165, 1.54) is 32.4 Å². The van der Waals surface area contributed by atoms with Gasteiger partial charge in [-0.1, -0.05) is 0 Å². The molecule has 4 N–H and O–H groups in total. The molecule has 1 amide bonds. The number of hydrogen-bond acceptors (Lipinski definition) is 4. The minimum Gasteiger partial charge on any atom is -0.397 e. The van der Waals surface area contributed by atoms with E-state index in [0.717, 1.165) is 22.6 Å². The van der Waals surface area contributed by atoms with Crippen LogP contribution in [0.5, 0.6) is 0 Å². The number of nitrogen functional groups attached to an aromatic ring is 1. The minimum absolute atomic E-state index is 0.0550. The van der Waals surface area contributed by atoms with E-state index < -0.39 is 0 Å². The van der Waals surface area contributed by atoms with Crippen LogP contribution in [0.4, 0.5) is 17.1 Å². The van der Waals surface area contributed by atoms with E-state index in [4.69, 9.17) is 5.73 Å². The Bertz CT molecular complexity index is 571. The van der Waals surface area contributed by atoms with E-state index in [-0.39, 0.29) is 5.91 Å². The van der Waals surface area contributed by atoms with Crippen LogP contribution in [0, 0.1) is 0 Å². The van der Waals surface area contributed by atoms with Gasteiger partial charge in [0.05, 0.1) is 17.8 Å². The monoisotopic (exact) mass is 272 g/mol. The van der Waals surface area contributed by atoms with E-state index >= 15 is 0 Å². The molecule has 0 spiro atoms. The van der Waals surface area contributed by atoms with E-state index in [9.17, 15) is 4.79 Å². The Balaban J connectivity index is 1.57. The van der Waals surface area contributed by atoms with Gasteiger partial charge in [-0.25, -0.2) is 0 Å². The van der Waals surface area contributed by atoms with Gasteiger partial charge in [0.25, 0.3) is 0 Å². The highest BCUT2D eigenvalue weighted by Gasteiger charge is 2.37. The molecule has 0 aliphatic carbocycles. The number of anilines is 3. The van der Waals surface area contributed by atoms with Crippen molar-refractivity contribution in [3.63, 3.8) is 0 Å². The van der Waals surface area contributed by atoms with Gasteiger partial charge in [0.1, 0.15) is 0 Å². The highest BCUT2D eigenvalue weighted by molar-refractivity contribution is 6.00. The van der Waals surface area contributed by atoms with Crippen molar-refractivity contribution in [3.8, 4) is 0 Å². The SMILES string of the molecule is Nc1cc2c(cc1NC1CCN3CCCC13)NC(=O)C2. The van der Waals surface area contributed by atoms with Gasteiger partial charge in [0.15, 0.2) is 0 Å². The fraction of sp³-hybridized carbons (Fsp3) is 0.533. The zero-order valence-electron chi connectivity index (χ0n) is 11.5. The van der Waals surface area contributed by atoms with Crippen molar-refractivity contribution in [2.45, 2.75) is 37.8 Å². The first kappa shape index (κ1) is 12.0. The summed E-state index contributed by atoms with van der Waals surface area (Å²) in [5, 5.41) is 6.50. The Kier molecular flexibility index (Phi) is 2.63. The lowest BCUT2D eigenvalue weighted by atomic mass is 10.0. The summed E-state index contributed by atoms with van der Waals surface area (Å²) in [5.74, 6) is 0.0550. The van der Waals surface area contributed by atoms with Crippen LogP contribution in [0.1, 0.15) is 24.8 Å². The lowest BCUT2D eigenvalue weighted by Gasteiger charge is -2.23. The summed E-state index contributed by atoms with van der Waals surface area (Å²) in [6, 6.07) is 5.05. The van der Waals surface area contributed by atoms with Gasteiger partial charge >= 0.3 is 0 Å². The number of nitrogens with two attached hydrogens (primary N) is 1. The Labute approximate surface area is 118 Å². The first-order chi connectivity index (χ1) is 9.70. The molecule has 2 atom stereocenters. The van der Waals surface area contributed by atoms with E-state index in [0.29, 0.717) is 18.5 Å². The molecule has 2 saturated heterocycles. The molecule has 3 aliphatic heterocycles. The lowest BCUT2D eigenvalue weighted by molar-refractivity contribution is -0.115. The average Bonchev–Trinajstić information content (AvgIpc) is 3.06. The first-order valence-electron chi connectivity index (χ1n) is 7.43. The Morgan fingerprint density at radius 1 is 1.30 bits per heavy atom. The molecule has 5 nitrogen and oxygen atoms in total. The number of amides is 1. The summed E-state index contributed by atoms with van der Waals surface area (Å²) in [4.78, 5) is 14.0. The molecule has 2 unspecified atom stereocenters. The average molecular weight is 272 g/mol. The predicted molar refractivity (Wildman–Crippen MR) is 79.8 cm³/mol. The van der Waals surface area contributed by atoms with Crippen LogP contribution in [0.2, 0.25) is 0 Å². The second-order valence-corrected chi connectivity index (χ2v) is 6.11. The molecule has 3 aliphatic rings. The first-order valence-corrected chi connectivity index (χ1v) is 7.43. The second-order valence-electron chi connectivity index (χ2n) is 6.11. The van der Waals surface area contributed by atoms with Crippen LogP contribution in [0.25, 0.3) is 0 Å². The molecule has 3 heterocycles. The molecular weight excluding hydrogens is 252 g/mol. The smallest absolute Gasteiger partial charge is 0.228 e. The van der Waals surface area contributed by atoms with Crippen molar-refractivity contribution in [2.75, 3.05) is 29.5 Å². The molecular formula is C15H20N4O. The zero-order chi connectivity index (χ0) is 13.7. The van der Waals surface area contributed by atoms with Gasteiger partial charge < -0.3 is 16.4 Å². The highest BCUT2D eigenvalue weighted by Crippen LogP contribution is 2.35. The number of nitrogens with zero attached hydrogens (tertiary/aromatic N) is 1. The van der Waals surface area contributed by atoms with Crippen molar-refractivity contribution >= 4 is 23.0 Å². The quantitative estimate of drug-likeness (QED) is 0.712. The Hall–Kier alpha value is -1.75. The fourth-order valence-electron chi connectivity index (χ4n) is 3.87. The molecule has 0 aromatic heterocycles. The van der Waals surface area contributed by atoms with Gasteiger partial charge in [-0.2, -0.15) is 0 Å². The number of fused-ring (bicyclic) bond motifs is 2. The third-order valence-electron chi connectivity index (χ3n) is 4.85. The van der Waals surface area contributed by atoms with Gasteiger partial charge in [-0.05, 0) is 43.5 Å². The number of carbonyl (C=O) groups excluding carboxylic acids is 1. The largest absolute Gasteiger partial charge is 0.397 e. The molecule has 1 aromatic rings. The molecule has 5 heteroatoms. The summed E-state index contributed by atoms with van der Waals surface area (Å²) in [7, 11) is 0. The maximum atomic E-state index is 11.4. The van der Waals surface area contributed by atoms with Crippen LogP contribution in [-0.4, -0.2) is 36.0 Å². The summed E-state index contributed by atoms with van der Waals surface area (Å²) in [5.41, 5.74) is 9.77. The van der Waals surface area contributed by atoms with Gasteiger partial charge in [-0.3, -0.25) is 9.69 Å². The summed E-state index contributed by atoms with van der Waals surface area (Å²) in [6.45, 7) is 2.42. The zero-order valence-corrected chi connectivity index (χ0v) is 11.5. The predicted octanol–water partition coefficient (Wildman–Crippen LogP) is 1.41. The van der Waals surface area contributed by atoms with E-state index in [2.05, 4.69) is 15.5 Å². The molecule has 1 aromatic carbocycles.